The molecular formula is C11H22N2O2S. The number of hydrogen-bond donors (Lipinski definition) is 0. The lowest BCUT2D eigenvalue weighted by Gasteiger charge is -2.25. The zero-order valence-corrected chi connectivity index (χ0v) is 10.9. The summed E-state index contributed by atoms with van der Waals surface area (Å²) in [6.07, 6.45) is 3.46. The zero-order chi connectivity index (χ0) is 11.6. The van der Waals surface area contributed by atoms with E-state index < -0.39 is 9.84 Å². The van der Waals surface area contributed by atoms with E-state index in [-0.39, 0.29) is 6.04 Å². The summed E-state index contributed by atoms with van der Waals surface area (Å²) in [4.78, 5) is 4.70. The molecule has 0 aromatic heterocycles. The van der Waals surface area contributed by atoms with Crippen molar-refractivity contribution in [3.63, 3.8) is 0 Å². The van der Waals surface area contributed by atoms with E-state index in [1.165, 1.54) is 25.9 Å². The minimum atomic E-state index is -2.73. The molecule has 2 rings (SSSR count). The standard InChI is InChI=1S/C11H22N2O2S/c1-12(7-8-13-5-2-3-6-13)11-4-9-16(14,15)10-11/h11H,2-10H2,1H3. The van der Waals surface area contributed by atoms with Gasteiger partial charge in [-0.3, -0.25) is 0 Å². The van der Waals surface area contributed by atoms with Crippen molar-refractivity contribution < 1.29 is 8.42 Å². The van der Waals surface area contributed by atoms with E-state index >= 15 is 0 Å². The van der Waals surface area contributed by atoms with Gasteiger partial charge in [-0.1, -0.05) is 0 Å². The monoisotopic (exact) mass is 246 g/mol. The number of rotatable bonds is 4. The highest BCUT2D eigenvalue weighted by atomic mass is 32.2. The summed E-state index contributed by atoms with van der Waals surface area (Å²) >= 11 is 0. The van der Waals surface area contributed by atoms with Crippen LogP contribution in [0.4, 0.5) is 0 Å². The lowest BCUT2D eigenvalue weighted by atomic mass is 10.2. The molecule has 0 amide bonds. The Morgan fingerprint density at radius 3 is 2.56 bits per heavy atom. The average molecular weight is 246 g/mol. The first-order valence-electron chi connectivity index (χ1n) is 6.20. The second kappa shape index (κ2) is 5.02. The molecule has 4 nitrogen and oxygen atoms in total. The molecule has 2 aliphatic rings. The fraction of sp³-hybridized carbons (Fsp3) is 1.00. The van der Waals surface area contributed by atoms with Gasteiger partial charge in [0, 0.05) is 19.1 Å². The van der Waals surface area contributed by atoms with Crippen molar-refractivity contribution in [2.75, 3.05) is 44.7 Å². The van der Waals surface area contributed by atoms with Crippen molar-refractivity contribution in [2.24, 2.45) is 0 Å². The summed E-state index contributed by atoms with van der Waals surface area (Å²) in [5.41, 5.74) is 0. The zero-order valence-electron chi connectivity index (χ0n) is 10.1. The largest absolute Gasteiger partial charge is 0.302 e. The third kappa shape index (κ3) is 3.18. The minimum Gasteiger partial charge on any atom is -0.302 e. The highest BCUT2D eigenvalue weighted by molar-refractivity contribution is 7.91. The maximum Gasteiger partial charge on any atom is 0.151 e. The maximum atomic E-state index is 11.4. The molecule has 16 heavy (non-hydrogen) atoms. The lowest BCUT2D eigenvalue weighted by Crippen LogP contribution is -2.38. The van der Waals surface area contributed by atoms with Crippen LogP contribution in [0.15, 0.2) is 0 Å². The first-order valence-corrected chi connectivity index (χ1v) is 8.02. The number of nitrogens with zero attached hydrogens (tertiary/aromatic N) is 2. The fourth-order valence-electron chi connectivity index (χ4n) is 2.61. The van der Waals surface area contributed by atoms with Gasteiger partial charge in [-0.2, -0.15) is 0 Å². The molecule has 5 heteroatoms. The highest BCUT2D eigenvalue weighted by Gasteiger charge is 2.30. The van der Waals surface area contributed by atoms with Gasteiger partial charge >= 0.3 is 0 Å². The molecule has 0 saturated carbocycles. The van der Waals surface area contributed by atoms with E-state index in [4.69, 9.17) is 0 Å². The number of likely N-dealkylation sites (N-methyl/N-ethyl adjacent to an activating group) is 1. The summed E-state index contributed by atoms with van der Waals surface area (Å²) < 4.78 is 22.7. The van der Waals surface area contributed by atoms with E-state index in [1.54, 1.807) is 0 Å². The molecule has 0 aliphatic carbocycles. The second-order valence-corrected chi connectivity index (χ2v) is 7.31. The topological polar surface area (TPSA) is 40.6 Å². The van der Waals surface area contributed by atoms with Crippen molar-refractivity contribution in [2.45, 2.75) is 25.3 Å². The Kier molecular flexibility index (Phi) is 3.87. The van der Waals surface area contributed by atoms with Crippen LogP contribution in [-0.2, 0) is 9.84 Å². The minimum absolute atomic E-state index is 0.257. The molecule has 0 bridgehead atoms. The highest BCUT2D eigenvalue weighted by Crippen LogP contribution is 2.16. The molecule has 2 fully saturated rings. The van der Waals surface area contributed by atoms with Crippen molar-refractivity contribution in [1.82, 2.24) is 9.80 Å². The smallest absolute Gasteiger partial charge is 0.151 e. The van der Waals surface area contributed by atoms with Crippen molar-refractivity contribution in [1.29, 1.82) is 0 Å². The Labute approximate surface area is 98.5 Å². The lowest BCUT2D eigenvalue weighted by molar-refractivity contribution is 0.218. The Morgan fingerprint density at radius 2 is 2.00 bits per heavy atom. The third-order valence-electron chi connectivity index (χ3n) is 3.80. The summed E-state index contributed by atoms with van der Waals surface area (Å²) in [5, 5.41) is 0. The van der Waals surface area contributed by atoms with E-state index in [0.29, 0.717) is 11.5 Å². The van der Waals surface area contributed by atoms with Gasteiger partial charge in [-0.25, -0.2) is 8.42 Å². The molecule has 0 aromatic carbocycles. The fourth-order valence-corrected chi connectivity index (χ4v) is 4.42. The van der Waals surface area contributed by atoms with Gasteiger partial charge in [0.05, 0.1) is 11.5 Å². The molecule has 0 aromatic rings. The van der Waals surface area contributed by atoms with E-state index in [9.17, 15) is 8.42 Å². The van der Waals surface area contributed by atoms with Crippen LogP contribution in [0.5, 0.6) is 0 Å². The quantitative estimate of drug-likeness (QED) is 0.710. The van der Waals surface area contributed by atoms with Crippen LogP contribution in [0.1, 0.15) is 19.3 Å². The van der Waals surface area contributed by atoms with E-state index in [2.05, 4.69) is 16.8 Å². The average Bonchev–Trinajstić information content (AvgIpc) is 2.83. The molecule has 1 unspecified atom stereocenters. The molecule has 2 saturated heterocycles. The molecule has 0 radical (unpaired) electrons. The predicted molar refractivity (Wildman–Crippen MR) is 65.4 cm³/mol. The SMILES string of the molecule is CN(CCN1CCCC1)C1CCS(=O)(=O)C1. The predicted octanol–water partition coefficient (Wildman–Crippen LogP) is 0.201. The Hall–Kier alpha value is -0.130. The van der Waals surface area contributed by atoms with E-state index in [0.717, 1.165) is 19.5 Å². The van der Waals surface area contributed by atoms with Gasteiger partial charge in [0.1, 0.15) is 0 Å². The summed E-state index contributed by atoms with van der Waals surface area (Å²) in [6, 6.07) is 0.257. The summed E-state index contributed by atoms with van der Waals surface area (Å²) in [6.45, 7) is 4.53. The Morgan fingerprint density at radius 1 is 1.31 bits per heavy atom. The van der Waals surface area contributed by atoms with E-state index in [1.807, 2.05) is 0 Å². The molecule has 1 atom stereocenters. The first-order chi connectivity index (χ1) is 7.57. The Balaban J connectivity index is 1.73. The van der Waals surface area contributed by atoms with Crippen LogP contribution in [0.2, 0.25) is 0 Å². The second-order valence-electron chi connectivity index (χ2n) is 5.09. The molecule has 0 spiro atoms. The van der Waals surface area contributed by atoms with Crippen LogP contribution in [0.3, 0.4) is 0 Å². The Bertz CT molecular complexity index is 323. The number of likely N-dealkylation sites (tertiary alicyclic amines) is 1. The maximum absolute atomic E-state index is 11.4. The molecule has 2 aliphatic heterocycles. The number of hydrogen-bond acceptors (Lipinski definition) is 4. The van der Waals surface area contributed by atoms with Crippen molar-refractivity contribution in [3.8, 4) is 0 Å². The summed E-state index contributed by atoms with van der Waals surface area (Å²) in [7, 11) is -0.676. The van der Waals surface area contributed by atoms with Crippen LogP contribution < -0.4 is 0 Å². The normalized spacial score (nSPS) is 30.2. The van der Waals surface area contributed by atoms with Gasteiger partial charge < -0.3 is 9.80 Å². The van der Waals surface area contributed by atoms with Gasteiger partial charge in [-0.05, 0) is 39.4 Å². The van der Waals surface area contributed by atoms with Crippen LogP contribution in [-0.4, -0.2) is 69.0 Å². The van der Waals surface area contributed by atoms with Crippen LogP contribution in [0.25, 0.3) is 0 Å². The van der Waals surface area contributed by atoms with Crippen molar-refractivity contribution in [3.05, 3.63) is 0 Å². The third-order valence-corrected chi connectivity index (χ3v) is 5.55. The van der Waals surface area contributed by atoms with Gasteiger partial charge in [-0.15, -0.1) is 0 Å². The molecule has 0 N–H and O–H groups in total. The molecule has 2 heterocycles. The van der Waals surface area contributed by atoms with Crippen LogP contribution in [0, 0.1) is 0 Å². The van der Waals surface area contributed by atoms with Crippen molar-refractivity contribution >= 4 is 9.84 Å². The summed E-state index contributed by atoms with van der Waals surface area (Å²) in [5.74, 6) is 0.745. The van der Waals surface area contributed by atoms with Gasteiger partial charge in [0.15, 0.2) is 9.84 Å². The number of sulfone groups is 1. The molecule has 94 valence electrons. The first kappa shape index (κ1) is 12.3. The molecular weight excluding hydrogens is 224 g/mol. The van der Waals surface area contributed by atoms with Crippen LogP contribution >= 0.6 is 0 Å². The van der Waals surface area contributed by atoms with Gasteiger partial charge in [0.2, 0.25) is 0 Å². The van der Waals surface area contributed by atoms with Gasteiger partial charge in [0.25, 0.3) is 0 Å².